The number of benzene rings is 1. The molecule has 220 valence electrons. The average Bonchev–Trinajstić information content (AvgIpc) is 3.67. The predicted octanol–water partition coefficient (Wildman–Crippen LogP) is 6.46. The van der Waals surface area contributed by atoms with Crippen molar-refractivity contribution in [2.75, 3.05) is 0 Å². The summed E-state index contributed by atoms with van der Waals surface area (Å²) in [6.45, 7) is 9.82. The Morgan fingerprint density at radius 3 is 2.38 bits per heavy atom. The van der Waals surface area contributed by atoms with E-state index >= 15 is 0 Å². The highest BCUT2D eigenvalue weighted by Crippen LogP contribution is 2.56. The first kappa shape index (κ1) is 28.9. The molecular formula is C33H46O7. The number of hydrogen-bond acceptors (Lipinski definition) is 7. The van der Waals surface area contributed by atoms with Crippen molar-refractivity contribution < 1.29 is 33.7 Å². The van der Waals surface area contributed by atoms with Gasteiger partial charge < -0.3 is 19.3 Å². The maximum absolute atomic E-state index is 14.1. The third-order valence-electron chi connectivity index (χ3n) is 10.6. The van der Waals surface area contributed by atoms with Crippen LogP contribution >= 0.6 is 0 Å². The zero-order chi connectivity index (χ0) is 28.9. The summed E-state index contributed by atoms with van der Waals surface area (Å²) < 4.78 is 18.1. The number of carbonyl (C=O) groups is 3. The van der Waals surface area contributed by atoms with Crippen molar-refractivity contribution in [3.8, 4) is 5.75 Å². The zero-order valence-corrected chi connectivity index (χ0v) is 24.7. The van der Waals surface area contributed by atoms with Gasteiger partial charge in [0.25, 0.3) is 0 Å². The first-order valence-corrected chi connectivity index (χ1v) is 15.3. The van der Waals surface area contributed by atoms with Crippen LogP contribution in [0.2, 0.25) is 0 Å². The van der Waals surface area contributed by atoms with Crippen LogP contribution in [-0.2, 0) is 28.6 Å². The smallest absolute Gasteiger partial charge is 0.312 e. The highest BCUT2D eigenvalue weighted by atomic mass is 16.6. The van der Waals surface area contributed by atoms with E-state index in [1.165, 1.54) is 0 Å². The second kappa shape index (κ2) is 10.7. The number of hydrogen-bond donors (Lipinski definition) is 1. The van der Waals surface area contributed by atoms with Gasteiger partial charge in [0.05, 0.1) is 16.7 Å². The van der Waals surface area contributed by atoms with Crippen LogP contribution in [0.1, 0.15) is 110 Å². The molecule has 0 radical (unpaired) electrons. The lowest BCUT2D eigenvalue weighted by molar-refractivity contribution is -0.180. The topological polar surface area (TPSA) is 99.1 Å². The third-order valence-corrected chi connectivity index (χ3v) is 10.6. The molecule has 1 aliphatic heterocycles. The van der Waals surface area contributed by atoms with Gasteiger partial charge in [-0.1, -0.05) is 26.0 Å². The Hall–Kier alpha value is -2.57. The summed E-state index contributed by atoms with van der Waals surface area (Å²) in [6, 6.07) is 7.17. The fourth-order valence-electron chi connectivity index (χ4n) is 8.28. The van der Waals surface area contributed by atoms with Crippen LogP contribution in [0.15, 0.2) is 24.3 Å². The van der Waals surface area contributed by atoms with Crippen molar-refractivity contribution in [1.29, 1.82) is 0 Å². The number of phenolic OH excluding ortho intramolecular Hbond substituents is 1. The molecule has 3 saturated carbocycles. The van der Waals surface area contributed by atoms with Crippen LogP contribution in [0, 0.1) is 28.6 Å². The molecule has 1 heterocycles. The van der Waals surface area contributed by atoms with E-state index in [1.54, 1.807) is 12.1 Å². The summed E-state index contributed by atoms with van der Waals surface area (Å²) >= 11 is 0. The Morgan fingerprint density at radius 2 is 1.75 bits per heavy atom. The molecule has 7 unspecified atom stereocenters. The van der Waals surface area contributed by atoms with Crippen molar-refractivity contribution in [3.05, 3.63) is 29.8 Å². The fraction of sp³-hybridized carbons (Fsp3) is 0.727. The van der Waals surface area contributed by atoms with E-state index in [1.807, 2.05) is 32.9 Å². The van der Waals surface area contributed by atoms with Gasteiger partial charge >= 0.3 is 17.9 Å². The van der Waals surface area contributed by atoms with E-state index in [2.05, 4.69) is 13.8 Å². The summed E-state index contributed by atoms with van der Waals surface area (Å²) in [5, 5.41) is 9.82. The Balaban J connectivity index is 1.37. The Bertz CT molecular complexity index is 1120. The summed E-state index contributed by atoms with van der Waals surface area (Å²) in [7, 11) is 0. The minimum Gasteiger partial charge on any atom is -0.508 e. The number of aromatic hydroxyl groups is 1. The molecule has 7 atom stereocenters. The molecular weight excluding hydrogens is 508 g/mol. The number of rotatable bonds is 11. The lowest BCUT2D eigenvalue weighted by Crippen LogP contribution is -2.45. The zero-order valence-electron chi connectivity index (χ0n) is 24.7. The van der Waals surface area contributed by atoms with E-state index in [4.69, 9.17) is 14.2 Å². The molecule has 0 aromatic heterocycles. The second-order valence-electron chi connectivity index (χ2n) is 13.9. The molecule has 4 fully saturated rings. The molecule has 1 N–H and O–H groups in total. The molecule has 7 heteroatoms. The molecule has 1 aromatic rings. The Labute approximate surface area is 238 Å². The van der Waals surface area contributed by atoms with Gasteiger partial charge in [0.15, 0.2) is 0 Å². The van der Waals surface area contributed by atoms with Crippen LogP contribution in [-0.4, -0.2) is 40.8 Å². The van der Waals surface area contributed by atoms with Gasteiger partial charge in [0, 0.05) is 11.8 Å². The average molecular weight is 555 g/mol. The summed E-state index contributed by atoms with van der Waals surface area (Å²) in [6.07, 6.45) is 7.08. The molecule has 1 aromatic carbocycles. The van der Waals surface area contributed by atoms with Gasteiger partial charge in [0.2, 0.25) is 0 Å². The van der Waals surface area contributed by atoms with Crippen LogP contribution < -0.4 is 0 Å². The lowest BCUT2D eigenvalue weighted by atomic mass is 9.68. The normalized spacial score (nSPS) is 30.5. The Kier molecular flexibility index (Phi) is 7.73. The molecule has 4 aliphatic rings. The lowest BCUT2D eigenvalue weighted by Gasteiger charge is -2.40. The summed E-state index contributed by atoms with van der Waals surface area (Å²) in [4.78, 5) is 40.1. The molecule has 0 spiro atoms. The summed E-state index contributed by atoms with van der Waals surface area (Å²) in [5.41, 5.74) is -1.29. The molecule has 3 aliphatic carbocycles. The van der Waals surface area contributed by atoms with Crippen molar-refractivity contribution >= 4 is 17.9 Å². The first-order chi connectivity index (χ1) is 18.9. The molecule has 7 nitrogen and oxygen atoms in total. The number of fused-ring (bicyclic) bond motifs is 1. The van der Waals surface area contributed by atoms with Gasteiger partial charge in [-0.25, -0.2) is 0 Å². The van der Waals surface area contributed by atoms with Crippen LogP contribution in [0.3, 0.4) is 0 Å². The maximum Gasteiger partial charge on any atom is 0.312 e. The van der Waals surface area contributed by atoms with E-state index in [-0.39, 0.29) is 59.9 Å². The van der Waals surface area contributed by atoms with Crippen LogP contribution in [0.5, 0.6) is 5.75 Å². The molecule has 40 heavy (non-hydrogen) atoms. The van der Waals surface area contributed by atoms with E-state index < -0.39 is 22.5 Å². The molecule has 1 saturated heterocycles. The first-order valence-electron chi connectivity index (χ1n) is 15.3. The molecule has 0 amide bonds. The van der Waals surface area contributed by atoms with E-state index in [0.717, 1.165) is 56.9 Å². The number of carbonyl (C=O) groups excluding carboxylic acids is 3. The van der Waals surface area contributed by atoms with Gasteiger partial charge in [-0.05, 0) is 109 Å². The molecule has 5 rings (SSSR count). The van der Waals surface area contributed by atoms with Crippen molar-refractivity contribution in [2.24, 2.45) is 28.6 Å². The predicted molar refractivity (Wildman–Crippen MR) is 149 cm³/mol. The fourth-order valence-corrected chi connectivity index (χ4v) is 8.28. The van der Waals surface area contributed by atoms with Crippen LogP contribution in [0.25, 0.3) is 0 Å². The third kappa shape index (κ3) is 5.25. The minimum atomic E-state index is -0.958. The maximum atomic E-state index is 14.1. The number of esters is 3. The quantitative estimate of drug-likeness (QED) is 0.248. The highest BCUT2D eigenvalue weighted by molar-refractivity contribution is 5.81. The van der Waals surface area contributed by atoms with Gasteiger partial charge in [0.1, 0.15) is 23.6 Å². The monoisotopic (exact) mass is 554 g/mol. The Morgan fingerprint density at radius 1 is 1.07 bits per heavy atom. The molecule has 2 bridgehead atoms. The van der Waals surface area contributed by atoms with E-state index in [9.17, 15) is 19.5 Å². The largest absolute Gasteiger partial charge is 0.508 e. The number of phenols is 1. The van der Waals surface area contributed by atoms with Gasteiger partial charge in [-0.3, -0.25) is 14.4 Å². The summed E-state index contributed by atoms with van der Waals surface area (Å²) in [5.74, 6) is -0.221. The second-order valence-corrected chi connectivity index (χ2v) is 13.9. The van der Waals surface area contributed by atoms with Crippen molar-refractivity contribution in [3.63, 3.8) is 0 Å². The highest BCUT2D eigenvalue weighted by Gasteiger charge is 2.63. The van der Waals surface area contributed by atoms with E-state index in [0.29, 0.717) is 6.42 Å². The SMILES string of the molecule is CCC(CC(C)(CC(C)(C)C(=O)OC1C2CC3C(=O)OC1C3C2)C(=O)OC1(CC)CCCC1)c1ccc(O)cc1. The van der Waals surface area contributed by atoms with Gasteiger partial charge in [-0.2, -0.15) is 0 Å². The van der Waals surface area contributed by atoms with Crippen molar-refractivity contribution in [2.45, 2.75) is 123 Å². The number of ether oxygens (including phenoxy) is 3. The standard InChI is InChI=1S/C33H46O7/c1-6-20(21-10-12-23(34)13-11-21)18-32(5,30(37)40-33(7-2)14-8-9-15-33)19-31(3,4)29(36)39-26-22-16-24-25(17-22)28(35)38-27(24)26/h10-13,20,22,24-27,34H,6-9,14-19H2,1-5H3. The minimum absolute atomic E-state index is 0.0385. The van der Waals surface area contributed by atoms with Crippen molar-refractivity contribution in [1.82, 2.24) is 0 Å². The van der Waals surface area contributed by atoms with Crippen LogP contribution in [0.4, 0.5) is 0 Å². The van der Waals surface area contributed by atoms with Gasteiger partial charge in [-0.15, -0.1) is 0 Å².